The van der Waals surface area contributed by atoms with Gasteiger partial charge in [0.05, 0.1) is 12.7 Å². The summed E-state index contributed by atoms with van der Waals surface area (Å²) < 4.78 is 5.77. The summed E-state index contributed by atoms with van der Waals surface area (Å²) in [5, 5.41) is 8.48. The molecule has 0 heterocycles. The molecule has 0 bridgehead atoms. The fraction of sp³-hybridized carbons (Fsp3) is 0.533. The number of rotatable bonds is 4. The molecule has 0 aliphatic carbocycles. The lowest BCUT2D eigenvalue weighted by atomic mass is 9.85. The summed E-state index contributed by atoms with van der Waals surface area (Å²) in [4.78, 5) is 0. The van der Waals surface area contributed by atoms with Gasteiger partial charge in [0.1, 0.15) is 5.75 Å². The first kappa shape index (κ1) is 13.6. The zero-order valence-corrected chi connectivity index (χ0v) is 11.2. The van der Waals surface area contributed by atoms with Crippen molar-refractivity contribution in [3.05, 3.63) is 29.3 Å². The van der Waals surface area contributed by atoms with E-state index in [2.05, 4.69) is 45.9 Å². The van der Waals surface area contributed by atoms with Crippen molar-refractivity contribution in [2.75, 3.05) is 6.61 Å². The summed E-state index contributed by atoms with van der Waals surface area (Å²) in [5.41, 5.74) is 2.56. The van der Waals surface area contributed by atoms with Crippen molar-refractivity contribution >= 4 is 0 Å². The lowest BCUT2D eigenvalue weighted by Gasteiger charge is -2.23. The maximum Gasteiger partial charge on any atom is 0.123 e. The van der Waals surface area contributed by atoms with Crippen LogP contribution in [0.3, 0.4) is 0 Å². The molecule has 2 nitrogen and oxygen atoms in total. The summed E-state index contributed by atoms with van der Waals surface area (Å²) >= 11 is 0. The first-order valence-corrected chi connectivity index (χ1v) is 6.06. The van der Waals surface area contributed by atoms with Crippen molar-refractivity contribution in [2.24, 2.45) is 0 Å². The van der Waals surface area contributed by atoms with Gasteiger partial charge in [-0.3, -0.25) is 0 Å². The van der Waals surface area contributed by atoms with E-state index >= 15 is 0 Å². The highest BCUT2D eigenvalue weighted by molar-refractivity contribution is 5.41. The highest BCUT2D eigenvalue weighted by Crippen LogP contribution is 2.32. The Bertz CT molecular complexity index is 410. The Balaban J connectivity index is 2.81. The van der Waals surface area contributed by atoms with E-state index in [4.69, 9.17) is 10.00 Å². The topological polar surface area (TPSA) is 33.0 Å². The van der Waals surface area contributed by atoms with Gasteiger partial charge in [0.15, 0.2) is 0 Å². The minimum atomic E-state index is 0.0799. The average molecular weight is 231 g/mol. The van der Waals surface area contributed by atoms with Crippen molar-refractivity contribution < 1.29 is 4.74 Å². The van der Waals surface area contributed by atoms with Crippen LogP contribution in [0, 0.1) is 18.3 Å². The third-order valence-electron chi connectivity index (χ3n) is 2.63. The molecular weight excluding hydrogens is 210 g/mol. The molecule has 0 saturated heterocycles. The van der Waals surface area contributed by atoms with Crippen molar-refractivity contribution in [3.8, 4) is 11.8 Å². The van der Waals surface area contributed by atoms with Crippen LogP contribution < -0.4 is 4.74 Å². The predicted octanol–water partition coefficient (Wildman–Crippen LogP) is 3.98. The Kier molecular flexibility index (Phi) is 4.57. The van der Waals surface area contributed by atoms with Crippen molar-refractivity contribution in [2.45, 2.75) is 46.0 Å². The monoisotopic (exact) mass is 231 g/mol. The normalized spacial score (nSPS) is 11.0. The van der Waals surface area contributed by atoms with Gasteiger partial charge in [-0.05, 0) is 30.4 Å². The Morgan fingerprint density at radius 2 is 2.00 bits per heavy atom. The third-order valence-corrected chi connectivity index (χ3v) is 2.63. The van der Waals surface area contributed by atoms with Crippen LogP contribution in [0.1, 0.15) is 44.7 Å². The number of aryl methyl sites for hydroxylation is 1. The van der Waals surface area contributed by atoms with Crippen molar-refractivity contribution in [1.29, 1.82) is 5.26 Å². The van der Waals surface area contributed by atoms with E-state index in [0.29, 0.717) is 13.0 Å². The van der Waals surface area contributed by atoms with Gasteiger partial charge in [0.25, 0.3) is 0 Å². The Labute approximate surface area is 104 Å². The smallest absolute Gasteiger partial charge is 0.123 e. The van der Waals surface area contributed by atoms with Crippen molar-refractivity contribution in [1.82, 2.24) is 0 Å². The molecular formula is C15H21NO. The van der Waals surface area contributed by atoms with Gasteiger partial charge in [-0.2, -0.15) is 5.26 Å². The van der Waals surface area contributed by atoms with E-state index in [0.717, 1.165) is 12.2 Å². The highest BCUT2D eigenvalue weighted by Gasteiger charge is 2.18. The molecule has 0 aliphatic heterocycles. The summed E-state index contributed by atoms with van der Waals surface area (Å²) in [7, 11) is 0. The minimum absolute atomic E-state index is 0.0799. The molecule has 0 N–H and O–H groups in total. The summed E-state index contributed by atoms with van der Waals surface area (Å²) in [6.07, 6.45) is 1.34. The van der Waals surface area contributed by atoms with Crippen molar-refractivity contribution in [3.63, 3.8) is 0 Å². The molecule has 0 spiro atoms. The molecule has 1 aromatic rings. The zero-order chi connectivity index (χ0) is 12.9. The summed E-state index contributed by atoms with van der Waals surface area (Å²) in [5.74, 6) is 0.945. The van der Waals surface area contributed by atoms with Gasteiger partial charge < -0.3 is 4.74 Å². The number of hydrogen-bond donors (Lipinski definition) is 0. The van der Waals surface area contributed by atoms with Gasteiger partial charge in [0.2, 0.25) is 0 Å². The van der Waals surface area contributed by atoms with Gasteiger partial charge >= 0.3 is 0 Å². The van der Waals surface area contributed by atoms with Crippen LogP contribution in [0.5, 0.6) is 5.75 Å². The van der Waals surface area contributed by atoms with Crippen LogP contribution in [0.4, 0.5) is 0 Å². The van der Waals surface area contributed by atoms with Gasteiger partial charge in [-0.25, -0.2) is 0 Å². The quantitative estimate of drug-likeness (QED) is 0.734. The largest absolute Gasteiger partial charge is 0.493 e. The fourth-order valence-corrected chi connectivity index (χ4v) is 1.69. The number of nitriles is 1. The van der Waals surface area contributed by atoms with Crippen LogP contribution >= 0.6 is 0 Å². The maximum absolute atomic E-state index is 8.48. The number of hydrogen-bond acceptors (Lipinski definition) is 2. The van der Waals surface area contributed by atoms with E-state index in [1.165, 1.54) is 11.1 Å². The lowest BCUT2D eigenvalue weighted by Crippen LogP contribution is -2.14. The third kappa shape index (κ3) is 4.11. The van der Waals surface area contributed by atoms with Crippen LogP contribution in [-0.4, -0.2) is 6.61 Å². The van der Waals surface area contributed by atoms with Crippen LogP contribution in [0.25, 0.3) is 0 Å². The van der Waals surface area contributed by atoms with E-state index in [9.17, 15) is 0 Å². The average Bonchev–Trinajstić information content (AvgIpc) is 2.25. The SMILES string of the molecule is Cc1ccc(OCCCC#N)c(C(C)(C)C)c1. The molecule has 92 valence electrons. The number of benzene rings is 1. The summed E-state index contributed by atoms with van der Waals surface area (Å²) in [6.45, 7) is 9.26. The number of ether oxygens (including phenoxy) is 1. The maximum atomic E-state index is 8.48. The molecule has 0 aliphatic rings. The minimum Gasteiger partial charge on any atom is -0.493 e. The molecule has 0 radical (unpaired) electrons. The van der Waals surface area contributed by atoms with Gasteiger partial charge in [-0.1, -0.05) is 38.5 Å². The molecule has 0 fully saturated rings. The second-order valence-corrected chi connectivity index (χ2v) is 5.36. The Morgan fingerprint density at radius 1 is 1.29 bits per heavy atom. The first-order valence-electron chi connectivity index (χ1n) is 6.06. The standard InChI is InChI=1S/C15H21NO/c1-12-7-8-14(17-10-6-5-9-16)13(11-12)15(2,3)4/h7-8,11H,5-6,10H2,1-4H3. The van der Waals surface area contributed by atoms with Gasteiger partial charge in [-0.15, -0.1) is 0 Å². The molecule has 1 aromatic carbocycles. The molecule has 17 heavy (non-hydrogen) atoms. The highest BCUT2D eigenvalue weighted by atomic mass is 16.5. The second kappa shape index (κ2) is 5.72. The van der Waals surface area contributed by atoms with Crippen LogP contribution in [-0.2, 0) is 5.41 Å². The van der Waals surface area contributed by atoms with E-state index in [1.807, 2.05) is 6.07 Å². The lowest BCUT2D eigenvalue weighted by molar-refractivity contribution is 0.304. The van der Waals surface area contributed by atoms with E-state index < -0.39 is 0 Å². The zero-order valence-electron chi connectivity index (χ0n) is 11.2. The van der Waals surface area contributed by atoms with Crippen LogP contribution in [0.2, 0.25) is 0 Å². The Hall–Kier alpha value is -1.49. The molecule has 0 unspecified atom stereocenters. The number of unbranched alkanes of at least 4 members (excludes halogenated alkanes) is 1. The predicted molar refractivity (Wildman–Crippen MR) is 70.2 cm³/mol. The van der Waals surface area contributed by atoms with Crippen LogP contribution in [0.15, 0.2) is 18.2 Å². The molecule has 0 atom stereocenters. The number of nitrogens with zero attached hydrogens (tertiary/aromatic N) is 1. The second-order valence-electron chi connectivity index (χ2n) is 5.36. The van der Waals surface area contributed by atoms with E-state index in [-0.39, 0.29) is 5.41 Å². The van der Waals surface area contributed by atoms with Gasteiger partial charge in [0, 0.05) is 6.42 Å². The molecule has 1 rings (SSSR count). The molecule has 2 heteroatoms. The molecule has 0 saturated carbocycles. The van der Waals surface area contributed by atoms with E-state index in [1.54, 1.807) is 0 Å². The first-order chi connectivity index (χ1) is 7.95. The molecule has 0 aromatic heterocycles. The fourth-order valence-electron chi connectivity index (χ4n) is 1.69. The summed E-state index contributed by atoms with van der Waals surface area (Å²) in [6, 6.07) is 8.40. The Morgan fingerprint density at radius 3 is 2.59 bits per heavy atom. The molecule has 0 amide bonds.